The molecule has 0 aliphatic carbocycles. The van der Waals surface area contributed by atoms with Crippen LogP contribution in [-0.4, -0.2) is 33.6 Å². The second-order valence-electron chi connectivity index (χ2n) is 4.32. The van der Waals surface area contributed by atoms with E-state index in [0.717, 1.165) is 18.7 Å². The summed E-state index contributed by atoms with van der Waals surface area (Å²) in [5, 5.41) is 10.0. The summed E-state index contributed by atoms with van der Waals surface area (Å²) >= 11 is 0. The summed E-state index contributed by atoms with van der Waals surface area (Å²) in [6.45, 7) is 3.46. The molecule has 1 aliphatic rings. The number of hydrogen-bond acceptors (Lipinski definition) is 2. The maximum absolute atomic E-state index is 12.2. The zero-order valence-electron chi connectivity index (χ0n) is 9.81. The number of aryl methyl sites for hydroxylation is 1. The number of fused-ring (bicyclic) bond motifs is 1. The largest absolute Gasteiger partial charge is 0.387 e. The fourth-order valence-corrected chi connectivity index (χ4v) is 2.31. The van der Waals surface area contributed by atoms with Gasteiger partial charge in [-0.15, -0.1) is 0 Å². The Morgan fingerprint density at radius 1 is 1.56 bits per heavy atom. The van der Waals surface area contributed by atoms with Gasteiger partial charge >= 0.3 is 0 Å². The van der Waals surface area contributed by atoms with E-state index in [1.807, 2.05) is 22.7 Å². The topological polar surface area (TPSA) is 45.5 Å². The first-order valence-corrected chi connectivity index (χ1v) is 5.77. The molecule has 0 bridgehead atoms. The van der Waals surface area contributed by atoms with Crippen molar-refractivity contribution in [2.45, 2.75) is 25.9 Å². The lowest BCUT2D eigenvalue weighted by molar-refractivity contribution is 0.0747. The smallest absolute Gasteiger partial charge is 0.255 e. The predicted octanol–water partition coefficient (Wildman–Crippen LogP) is 1.31. The molecule has 1 aromatic rings. The van der Waals surface area contributed by atoms with Gasteiger partial charge in [-0.1, -0.05) is 6.92 Å². The van der Waals surface area contributed by atoms with Crippen molar-refractivity contribution in [2.24, 2.45) is 7.05 Å². The maximum Gasteiger partial charge on any atom is 0.255 e. The van der Waals surface area contributed by atoms with E-state index in [9.17, 15) is 9.90 Å². The molecule has 1 N–H and O–H groups in total. The molecule has 0 fully saturated rings. The van der Waals surface area contributed by atoms with Crippen molar-refractivity contribution in [1.82, 2.24) is 9.47 Å². The number of rotatable bonds is 2. The van der Waals surface area contributed by atoms with Gasteiger partial charge in [0.1, 0.15) is 0 Å². The van der Waals surface area contributed by atoms with Crippen molar-refractivity contribution < 1.29 is 9.90 Å². The van der Waals surface area contributed by atoms with Crippen LogP contribution in [0.1, 0.15) is 41.9 Å². The molecule has 88 valence electrons. The van der Waals surface area contributed by atoms with Gasteiger partial charge in [0.15, 0.2) is 0 Å². The van der Waals surface area contributed by atoms with E-state index in [1.54, 1.807) is 6.07 Å². The molecule has 4 heteroatoms. The Kier molecular flexibility index (Phi) is 3.01. The van der Waals surface area contributed by atoms with E-state index >= 15 is 0 Å². The van der Waals surface area contributed by atoms with Crippen LogP contribution in [0, 0.1) is 0 Å². The molecule has 2 rings (SSSR count). The molecule has 1 amide bonds. The van der Waals surface area contributed by atoms with E-state index in [4.69, 9.17) is 0 Å². The van der Waals surface area contributed by atoms with E-state index in [-0.39, 0.29) is 5.91 Å². The van der Waals surface area contributed by atoms with E-state index < -0.39 is 6.10 Å². The van der Waals surface area contributed by atoms with Crippen LogP contribution in [0.3, 0.4) is 0 Å². The number of aromatic nitrogens is 1. The van der Waals surface area contributed by atoms with Crippen molar-refractivity contribution in [3.8, 4) is 0 Å². The molecule has 0 spiro atoms. The zero-order valence-corrected chi connectivity index (χ0v) is 9.81. The zero-order chi connectivity index (χ0) is 11.7. The second kappa shape index (κ2) is 4.29. The van der Waals surface area contributed by atoms with Crippen molar-refractivity contribution >= 4 is 5.91 Å². The van der Waals surface area contributed by atoms with Crippen molar-refractivity contribution in [3.63, 3.8) is 0 Å². The maximum atomic E-state index is 12.2. The lowest BCUT2D eigenvalue weighted by atomic mass is 10.1. The van der Waals surface area contributed by atoms with E-state index in [0.29, 0.717) is 18.5 Å². The molecule has 0 aromatic carbocycles. The van der Waals surface area contributed by atoms with Crippen LogP contribution >= 0.6 is 0 Å². The fourth-order valence-electron chi connectivity index (χ4n) is 2.31. The first-order chi connectivity index (χ1) is 7.65. The molecule has 1 aromatic heterocycles. The standard InChI is InChI=1S/C12H18N2O2/c1-3-6-14-8-5-10(15)11-9(12(14)16)4-7-13(11)2/h4,7,10,15H,3,5-6,8H2,1-2H3/t10-/m0/s1. The Balaban J connectivity index is 2.38. The Morgan fingerprint density at radius 3 is 3.00 bits per heavy atom. The van der Waals surface area contributed by atoms with Crippen LogP contribution in [-0.2, 0) is 7.05 Å². The summed E-state index contributed by atoms with van der Waals surface area (Å²) < 4.78 is 1.84. The monoisotopic (exact) mass is 222 g/mol. The molecule has 1 aliphatic heterocycles. The molecular weight excluding hydrogens is 204 g/mol. The molecular formula is C12H18N2O2. The summed E-state index contributed by atoms with van der Waals surface area (Å²) in [6.07, 6.45) is 2.88. The first kappa shape index (κ1) is 11.2. The van der Waals surface area contributed by atoms with Gasteiger partial charge in [-0.2, -0.15) is 0 Å². The highest BCUT2D eigenvalue weighted by Crippen LogP contribution is 2.26. The number of nitrogens with zero attached hydrogens (tertiary/aromatic N) is 2. The number of carbonyl (C=O) groups excluding carboxylic acids is 1. The third kappa shape index (κ3) is 1.73. The van der Waals surface area contributed by atoms with Gasteiger partial charge in [0.2, 0.25) is 0 Å². The van der Waals surface area contributed by atoms with Crippen molar-refractivity contribution in [1.29, 1.82) is 0 Å². The molecule has 16 heavy (non-hydrogen) atoms. The second-order valence-corrected chi connectivity index (χ2v) is 4.32. The van der Waals surface area contributed by atoms with Gasteiger partial charge in [0, 0.05) is 26.3 Å². The van der Waals surface area contributed by atoms with Crippen LogP contribution in [0.5, 0.6) is 0 Å². The minimum absolute atomic E-state index is 0.0500. The van der Waals surface area contributed by atoms with E-state index in [1.165, 1.54) is 0 Å². The predicted molar refractivity (Wildman–Crippen MR) is 61.2 cm³/mol. The van der Waals surface area contributed by atoms with Gasteiger partial charge in [0.05, 0.1) is 17.4 Å². The average Bonchev–Trinajstić information content (AvgIpc) is 2.59. The fraction of sp³-hybridized carbons (Fsp3) is 0.583. The highest BCUT2D eigenvalue weighted by molar-refractivity contribution is 5.96. The molecule has 0 saturated heterocycles. The molecule has 0 radical (unpaired) electrons. The molecule has 0 unspecified atom stereocenters. The van der Waals surface area contributed by atoms with Gasteiger partial charge < -0.3 is 14.6 Å². The SMILES string of the molecule is CCCN1CC[C@H](O)c2c(ccn2C)C1=O. The lowest BCUT2D eigenvalue weighted by Crippen LogP contribution is -2.31. The number of amides is 1. The number of hydrogen-bond donors (Lipinski definition) is 1. The Bertz CT molecular complexity index is 398. The average molecular weight is 222 g/mol. The summed E-state index contributed by atoms with van der Waals surface area (Å²) in [7, 11) is 1.87. The van der Waals surface area contributed by atoms with Crippen LogP contribution < -0.4 is 0 Å². The third-order valence-electron chi connectivity index (χ3n) is 3.12. The van der Waals surface area contributed by atoms with Gasteiger partial charge in [-0.25, -0.2) is 0 Å². The van der Waals surface area contributed by atoms with Crippen molar-refractivity contribution in [3.05, 3.63) is 23.5 Å². The molecule has 0 saturated carbocycles. The lowest BCUT2D eigenvalue weighted by Gasteiger charge is -2.19. The first-order valence-electron chi connectivity index (χ1n) is 5.77. The summed E-state index contributed by atoms with van der Waals surface area (Å²) in [5.74, 6) is 0.0500. The van der Waals surface area contributed by atoms with Gasteiger partial charge in [-0.3, -0.25) is 4.79 Å². The Labute approximate surface area is 95.5 Å². The normalized spacial score (nSPS) is 20.8. The minimum Gasteiger partial charge on any atom is -0.387 e. The molecule has 2 heterocycles. The van der Waals surface area contributed by atoms with E-state index in [2.05, 4.69) is 6.92 Å². The van der Waals surface area contributed by atoms with Gasteiger partial charge in [0.25, 0.3) is 5.91 Å². The third-order valence-corrected chi connectivity index (χ3v) is 3.12. The number of aliphatic hydroxyl groups excluding tert-OH is 1. The summed E-state index contributed by atoms with van der Waals surface area (Å²) in [4.78, 5) is 14.0. The van der Waals surface area contributed by atoms with Crippen LogP contribution in [0.15, 0.2) is 12.3 Å². The minimum atomic E-state index is -0.527. The quantitative estimate of drug-likeness (QED) is 0.820. The number of aliphatic hydroxyl groups is 1. The van der Waals surface area contributed by atoms with Gasteiger partial charge in [-0.05, 0) is 18.9 Å². The number of carbonyl (C=O) groups is 1. The van der Waals surface area contributed by atoms with Crippen molar-refractivity contribution in [2.75, 3.05) is 13.1 Å². The highest BCUT2D eigenvalue weighted by Gasteiger charge is 2.28. The summed E-state index contributed by atoms with van der Waals surface area (Å²) in [6, 6.07) is 1.80. The molecule has 4 nitrogen and oxygen atoms in total. The Hall–Kier alpha value is -1.29. The van der Waals surface area contributed by atoms with Crippen LogP contribution in [0.4, 0.5) is 0 Å². The molecule has 1 atom stereocenters. The van der Waals surface area contributed by atoms with Crippen LogP contribution in [0.2, 0.25) is 0 Å². The highest BCUT2D eigenvalue weighted by atomic mass is 16.3. The summed E-state index contributed by atoms with van der Waals surface area (Å²) in [5.41, 5.74) is 1.41. The Morgan fingerprint density at radius 2 is 2.31 bits per heavy atom. The van der Waals surface area contributed by atoms with Crippen LogP contribution in [0.25, 0.3) is 0 Å².